The van der Waals surface area contributed by atoms with Gasteiger partial charge in [-0.3, -0.25) is 0 Å². The molecule has 16 heavy (non-hydrogen) atoms. The fourth-order valence-electron chi connectivity index (χ4n) is 1.98. The molecule has 2 unspecified atom stereocenters. The lowest BCUT2D eigenvalue weighted by atomic mass is 9.98. The van der Waals surface area contributed by atoms with E-state index in [0.29, 0.717) is 18.5 Å². The van der Waals surface area contributed by atoms with Crippen molar-refractivity contribution in [2.45, 2.75) is 52.2 Å². The first-order chi connectivity index (χ1) is 7.38. The van der Waals surface area contributed by atoms with Crippen LogP contribution < -0.4 is 10.6 Å². The van der Waals surface area contributed by atoms with Crippen LogP contribution in [-0.4, -0.2) is 30.8 Å². The first-order valence-corrected chi connectivity index (χ1v) is 6.09. The fraction of sp³-hybridized carbons (Fsp3) is 0.917. The Morgan fingerprint density at radius 1 is 1.50 bits per heavy atom. The van der Waals surface area contributed by atoms with Gasteiger partial charge in [0.15, 0.2) is 0 Å². The van der Waals surface area contributed by atoms with Crippen molar-refractivity contribution in [2.75, 3.05) is 13.1 Å². The molecule has 1 fully saturated rings. The molecule has 0 aliphatic carbocycles. The van der Waals surface area contributed by atoms with Gasteiger partial charge in [-0.2, -0.15) is 0 Å². The average molecular weight is 228 g/mol. The minimum Gasteiger partial charge on any atom is -0.444 e. The number of rotatable bonds is 3. The van der Waals surface area contributed by atoms with Crippen LogP contribution in [0.15, 0.2) is 0 Å². The van der Waals surface area contributed by atoms with E-state index >= 15 is 0 Å². The number of amides is 1. The Morgan fingerprint density at radius 3 is 2.69 bits per heavy atom. The van der Waals surface area contributed by atoms with Gasteiger partial charge in [-0.05, 0) is 53.0 Å². The van der Waals surface area contributed by atoms with E-state index in [-0.39, 0.29) is 6.09 Å². The van der Waals surface area contributed by atoms with E-state index in [1.165, 1.54) is 6.42 Å². The predicted molar refractivity (Wildman–Crippen MR) is 64.4 cm³/mol. The van der Waals surface area contributed by atoms with E-state index in [0.717, 1.165) is 13.0 Å². The summed E-state index contributed by atoms with van der Waals surface area (Å²) in [6, 6.07) is 0.570. The van der Waals surface area contributed by atoms with E-state index in [4.69, 9.17) is 4.74 Å². The summed E-state index contributed by atoms with van der Waals surface area (Å²) >= 11 is 0. The monoisotopic (exact) mass is 228 g/mol. The molecule has 0 aromatic heterocycles. The summed E-state index contributed by atoms with van der Waals surface area (Å²) in [4.78, 5) is 11.4. The molecule has 0 saturated carbocycles. The molecule has 0 aromatic carbocycles. The van der Waals surface area contributed by atoms with Gasteiger partial charge in [0, 0.05) is 12.6 Å². The number of nitrogens with one attached hydrogen (secondary N) is 2. The van der Waals surface area contributed by atoms with Crippen molar-refractivity contribution >= 4 is 6.09 Å². The van der Waals surface area contributed by atoms with Crippen LogP contribution in [0.4, 0.5) is 4.79 Å². The molecule has 2 N–H and O–H groups in total. The minimum atomic E-state index is -0.410. The summed E-state index contributed by atoms with van der Waals surface area (Å²) in [5.41, 5.74) is -0.410. The maximum atomic E-state index is 11.4. The summed E-state index contributed by atoms with van der Waals surface area (Å²) < 4.78 is 5.16. The van der Waals surface area contributed by atoms with Crippen LogP contribution in [0.5, 0.6) is 0 Å². The highest BCUT2D eigenvalue weighted by molar-refractivity contribution is 5.67. The third kappa shape index (κ3) is 4.84. The molecule has 94 valence electrons. The largest absolute Gasteiger partial charge is 0.444 e. The van der Waals surface area contributed by atoms with Gasteiger partial charge in [0.05, 0.1) is 0 Å². The molecule has 4 heteroatoms. The second-order valence-corrected chi connectivity index (χ2v) is 5.51. The van der Waals surface area contributed by atoms with Crippen LogP contribution in [0.1, 0.15) is 40.5 Å². The van der Waals surface area contributed by atoms with Crippen LogP contribution in [0.3, 0.4) is 0 Å². The van der Waals surface area contributed by atoms with Crippen molar-refractivity contribution in [3.63, 3.8) is 0 Å². The highest BCUT2D eigenvalue weighted by Crippen LogP contribution is 2.18. The van der Waals surface area contributed by atoms with Crippen molar-refractivity contribution < 1.29 is 9.53 Å². The Hall–Kier alpha value is -0.770. The Kier molecular flexibility index (Phi) is 4.59. The normalized spacial score (nSPS) is 25.5. The highest BCUT2D eigenvalue weighted by Gasteiger charge is 2.22. The molecule has 0 bridgehead atoms. The van der Waals surface area contributed by atoms with E-state index < -0.39 is 5.60 Å². The van der Waals surface area contributed by atoms with E-state index in [1.54, 1.807) is 0 Å². The van der Waals surface area contributed by atoms with Crippen LogP contribution in [0.25, 0.3) is 0 Å². The Bertz CT molecular complexity index is 236. The van der Waals surface area contributed by atoms with Gasteiger partial charge in [0.2, 0.25) is 0 Å². The summed E-state index contributed by atoms with van der Waals surface area (Å²) in [5.74, 6) is 0.676. The number of carbonyl (C=O) groups excluding carboxylic acids is 1. The number of ether oxygens (including phenoxy) is 1. The summed E-state index contributed by atoms with van der Waals surface area (Å²) in [7, 11) is 0. The van der Waals surface area contributed by atoms with Crippen LogP contribution in [0, 0.1) is 5.92 Å². The zero-order valence-electron chi connectivity index (χ0n) is 10.8. The van der Waals surface area contributed by atoms with Gasteiger partial charge in [0.1, 0.15) is 5.60 Å². The van der Waals surface area contributed by atoms with Gasteiger partial charge in [0.25, 0.3) is 0 Å². The quantitative estimate of drug-likeness (QED) is 0.775. The topological polar surface area (TPSA) is 50.4 Å². The Morgan fingerprint density at radius 2 is 2.19 bits per heavy atom. The Labute approximate surface area is 98.1 Å². The van der Waals surface area contributed by atoms with Crippen molar-refractivity contribution in [2.24, 2.45) is 5.92 Å². The summed E-state index contributed by atoms with van der Waals surface area (Å²) in [6.45, 7) is 9.61. The average Bonchev–Trinajstić information content (AvgIpc) is 2.48. The minimum absolute atomic E-state index is 0.314. The second-order valence-electron chi connectivity index (χ2n) is 5.51. The van der Waals surface area contributed by atoms with E-state index in [9.17, 15) is 4.79 Å². The third-order valence-corrected chi connectivity index (χ3v) is 2.87. The second kappa shape index (κ2) is 5.53. The maximum absolute atomic E-state index is 11.4. The van der Waals surface area contributed by atoms with E-state index in [2.05, 4.69) is 17.6 Å². The molecular formula is C12H24N2O2. The van der Waals surface area contributed by atoms with Crippen LogP contribution in [-0.2, 0) is 4.74 Å². The van der Waals surface area contributed by atoms with Crippen molar-refractivity contribution in [1.82, 2.24) is 10.6 Å². The SMILES string of the molecule is CC1NCCC1CCNC(=O)OC(C)(C)C. The number of alkyl carbamates (subject to hydrolysis) is 1. The Balaban J connectivity index is 2.13. The van der Waals surface area contributed by atoms with Crippen LogP contribution >= 0.6 is 0 Å². The van der Waals surface area contributed by atoms with Crippen molar-refractivity contribution in [3.8, 4) is 0 Å². The summed E-state index contributed by atoms with van der Waals surface area (Å²) in [5, 5.41) is 6.20. The van der Waals surface area contributed by atoms with Crippen LogP contribution in [0.2, 0.25) is 0 Å². The molecule has 1 amide bonds. The number of carbonyl (C=O) groups is 1. The van der Waals surface area contributed by atoms with Gasteiger partial charge >= 0.3 is 6.09 Å². The molecular weight excluding hydrogens is 204 g/mol. The lowest BCUT2D eigenvalue weighted by molar-refractivity contribution is 0.0524. The molecule has 1 rings (SSSR count). The molecule has 2 atom stereocenters. The molecule has 0 spiro atoms. The highest BCUT2D eigenvalue weighted by atomic mass is 16.6. The molecule has 1 saturated heterocycles. The zero-order chi connectivity index (χ0) is 12.2. The maximum Gasteiger partial charge on any atom is 0.407 e. The van der Waals surface area contributed by atoms with Gasteiger partial charge in [-0.1, -0.05) is 0 Å². The first-order valence-electron chi connectivity index (χ1n) is 6.09. The van der Waals surface area contributed by atoms with Gasteiger partial charge in [-0.15, -0.1) is 0 Å². The predicted octanol–water partition coefficient (Wildman–Crippen LogP) is 1.90. The molecule has 1 aliphatic rings. The molecule has 0 radical (unpaired) electrons. The molecule has 1 heterocycles. The third-order valence-electron chi connectivity index (χ3n) is 2.87. The molecule has 0 aromatic rings. The van der Waals surface area contributed by atoms with E-state index in [1.807, 2.05) is 20.8 Å². The molecule has 4 nitrogen and oxygen atoms in total. The zero-order valence-corrected chi connectivity index (χ0v) is 10.8. The van der Waals surface area contributed by atoms with Gasteiger partial charge in [-0.25, -0.2) is 4.79 Å². The van der Waals surface area contributed by atoms with Crippen molar-refractivity contribution in [1.29, 1.82) is 0 Å². The lowest BCUT2D eigenvalue weighted by Crippen LogP contribution is -2.34. The fourth-order valence-corrected chi connectivity index (χ4v) is 1.98. The van der Waals surface area contributed by atoms with Gasteiger partial charge < -0.3 is 15.4 Å². The summed E-state index contributed by atoms with van der Waals surface area (Å²) in [6.07, 6.45) is 1.91. The van der Waals surface area contributed by atoms with Crippen molar-refractivity contribution in [3.05, 3.63) is 0 Å². The first kappa shape index (κ1) is 13.3. The molecule has 1 aliphatic heterocycles. The standard InChI is InChI=1S/C12H24N2O2/c1-9-10(5-7-13-9)6-8-14-11(15)16-12(2,3)4/h9-10,13H,5-8H2,1-4H3,(H,14,15). The number of hydrogen-bond acceptors (Lipinski definition) is 3. The smallest absolute Gasteiger partial charge is 0.407 e. The number of hydrogen-bond donors (Lipinski definition) is 2. The lowest BCUT2D eigenvalue weighted by Gasteiger charge is -2.20.